The zero-order valence-corrected chi connectivity index (χ0v) is 17.2. The fourth-order valence-corrected chi connectivity index (χ4v) is 3.39. The van der Waals surface area contributed by atoms with E-state index in [-0.39, 0.29) is 5.91 Å². The lowest BCUT2D eigenvalue weighted by atomic mass is 10.3. The van der Waals surface area contributed by atoms with Crippen molar-refractivity contribution in [1.29, 1.82) is 0 Å². The maximum atomic E-state index is 12.1. The molecule has 3 aromatic carbocycles. The molecule has 0 aliphatic rings. The monoisotopic (exact) mass is 427 g/mol. The molecule has 3 aromatic rings. The summed E-state index contributed by atoms with van der Waals surface area (Å²) in [4.78, 5) is 13.1. The third-order valence-corrected chi connectivity index (χ3v) is 5.11. The maximum absolute atomic E-state index is 12.1. The second-order valence-electron chi connectivity index (χ2n) is 5.81. The molecule has 0 saturated carbocycles. The summed E-state index contributed by atoms with van der Waals surface area (Å²) in [6.07, 6.45) is 0. The summed E-state index contributed by atoms with van der Waals surface area (Å²) in [5.41, 5.74) is 2.54. The second-order valence-corrected chi connectivity index (χ2v) is 7.71. The van der Waals surface area contributed by atoms with Crippen LogP contribution in [-0.4, -0.2) is 16.8 Å². The van der Waals surface area contributed by atoms with Crippen molar-refractivity contribution >= 4 is 63.7 Å². The van der Waals surface area contributed by atoms with Gasteiger partial charge in [0.25, 0.3) is 0 Å². The van der Waals surface area contributed by atoms with Crippen LogP contribution in [0.3, 0.4) is 0 Å². The number of benzene rings is 3. The van der Waals surface area contributed by atoms with Gasteiger partial charge in [0.1, 0.15) is 0 Å². The molecule has 3 N–H and O–H groups in total. The zero-order chi connectivity index (χ0) is 19.8. The molecule has 0 heterocycles. The fraction of sp³-hybridized carbons (Fsp3) is 0.0476. The van der Waals surface area contributed by atoms with E-state index in [4.69, 9.17) is 23.8 Å². The van der Waals surface area contributed by atoms with Gasteiger partial charge in [0.15, 0.2) is 5.11 Å². The van der Waals surface area contributed by atoms with Crippen molar-refractivity contribution in [3.63, 3.8) is 0 Å². The second kappa shape index (κ2) is 10.1. The minimum absolute atomic E-state index is 0.0669. The van der Waals surface area contributed by atoms with Gasteiger partial charge in [0.2, 0.25) is 5.91 Å². The number of nitrogens with one attached hydrogen (secondary N) is 3. The molecular weight excluding hydrogens is 410 g/mol. The topological polar surface area (TPSA) is 53.2 Å². The van der Waals surface area contributed by atoms with Crippen LogP contribution in [0.1, 0.15) is 0 Å². The Bertz CT molecular complexity index is 932. The Balaban J connectivity index is 1.45. The molecule has 0 saturated heterocycles. The summed E-state index contributed by atoms with van der Waals surface area (Å²) in [5, 5.41) is 10.3. The predicted octanol–water partition coefficient (Wildman–Crippen LogP) is 5.88. The maximum Gasteiger partial charge on any atom is 0.234 e. The van der Waals surface area contributed by atoms with Crippen LogP contribution in [0.4, 0.5) is 17.1 Å². The molecule has 0 fully saturated rings. The Kier molecular flexibility index (Phi) is 7.31. The molecule has 7 heteroatoms. The molecule has 0 aliphatic heterocycles. The smallest absolute Gasteiger partial charge is 0.234 e. The minimum Gasteiger partial charge on any atom is -0.332 e. The molecule has 0 spiro atoms. The number of amides is 1. The Morgan fingerprint density at radius 1 is 0.786 bits per heavy atom. The first kappa shape index (κ1) is 20.2. The number of thiocarbonyl (C=S) groups is 1. The van der Waals surface area contributed by atoms with Gasteiger partial charge in [-0.3, -0.25) is 4.79 Å². The van der Waals surface area contributed by atoms with Gasteiger partial charge < -0.3 is 16.0 Å². The van der Waals surface area contributed by atoms with Crippen molar-refractivity contribution in [3.05, 3.63) is 83.9 Å². The lowest BCUT2D eigenvalue weighted by Crippen LogP contribution is -2.18. The summed E-state index contributed by atoms with van der Waals surface area (Å²) in [5.74, 6) is 0.256. The standard InChI is InChI=1S/C21H18ClN3OS2/c22-15-6-8-17(9-7-15)23-20(26)14-28-19-12-10-18(11-13-19)25-21(27)24-16-4-2-1-3-5-16/h1-13H,14H2,(H,23,26)(H2,24,25,27). The van der Waals surface area contributed by atoms with E-state index in [2.05, 4.69) is 16.0 Å². The average Bonchev–Trinajstić information content (AvgIpc) is 2.70. The van der Waals surface area contributed by atoms with E-state index in [1.807, 2.05) is 54.6 Å². The third-order valence-electron chi connectivity index (χ3n) is 3.64. The molecule has 0 atom stereocenters. The lowest BCUT2D eigenvalue weighted by Gasteiger charge is -2.11. The van der Waals surface area contributed by atoms with Crippen LogP contribution < -0.4 is 16.0 Å². The Labute approximate surface area is 178 Å². The Morgan fingerprint density at radius 3 is 1.96 bits per heavy atom. The van der Waals surface area contributed by atoms with E-state index in [0.29, 0.717) is 15.9 Å². The number of rotatable bonds is 6. The molecule has 28 heavy (non-hydrogen) atoms. The zero-order valence-electron chi connectivity index (χ0n) is 14.8. The van der Waals surface area contributed by atoms with Crippen molar-refractivity contribution < 1.29 is 4.79 Å². The van der Waals surface area contributed by atoms with Crippen molar-refractivity contribution in [2.45, 2.75) is 4.90 Å². The van der Waals surface area contributed by atoms with Crippen LogP contribution in [0, 0.1) is 0 Å². The van der Waals surface area contributed by atoms with Crippen LogP contribution in [-0.2, 0) is 4.79 Å². The normalized spacial score (nSPS) is 10.2. The number of para-hydroxylation sites is 1. The van der Waals surface area contributed by atoms with E-state index in [9.17, 15) is 4.79 Å². The van der Waals surface area contributed by atoms with E-state index < -0.39 is 0 Å². The Hall–Kier alpha value is -2.54. The van der Waals surface area contributed by atoms with Gasteiger partial charge in [-0.1, -0.05) is 29.8 Å². The Morgan fingerprint density at radius 2 is 1.32 bits per heavy atom. The summed E-state index contributed by atoms with van der Waals surface area (Å²) >= 11 is 12.6. The van der Waals surface area contributed by atoms with Crippen LogP contribution in [0.5, 0.6) is 0 Å². The van der Waals surface area contributed by atoms with Gasteiger partial charge in [0.05, 0.1) is 5.75 Å². The molecule has 1 amide bonds. The molecule has 0 unspecified atom stereocenters. The first-order valence-corrected chi connectivity index (χ1v) is 10.3. The van der Waals surface area contributed by atoms with Crippen LogP contribution in [0.2, 0.25) is 5.02 Å². The molecule has 142 valence electrons. The SMILES string of the molecule is O=C(CSc1ccc(NC(=S)Nc2ccccc2)cc1)Nc1ccc(Cl)cc1. The highest BCUT2D eigenvalue weighted by Gasteiger charge is 2.05. The number of carbonyl (C=O) groups is 1. The van der Waals surface area contributed by atoms with Crippen LogP contribution in [0.15, 0.2) is 83.8 Å². The molecular formula is C21H18ClN3OS2. The van der Waals surface area contributed by atoms with Crippen LogP contribution >= 0.6 is 35.6 Å². The predicted molar refractivity (Wildman–Crippen MR) is 124 cm³/mol. The largest absolute Gasteiger partial charge is 0.332 e. The van der Waals surface area contributed by atoms with Crippen molar-refractivity contribution in [1.82, 2.24) is 0 Å². The van der Waals surface area contributed by atoms with E-state index >= 15 is 0 Å². The summed E-state index contributed by atoms with van der Waals surface area (Å²) in [6, 6.07) is 24.5. The lowest BCUT2D eigenvalue weighted by molar-refractivity contribution is -0.113. The summed E-state index contributed by atoms with van der Waals surface area (Å²) in [7, 11) is 0. The van der Waals surface area contributed by atoms with Gasteiger partial charge in [-0.15, -0.1) is 11.8 Å². The average molecular weight is 428 g/mol. The van der Waals surface area contributed by atoms with E-state index in [1.165, 1.54) is 11.8 Å². The molecule has 3 rings (SSSR count). The number of carbonyl (C=O) groups excluding carboxylic acids is 1. The number of thioether (sulfide) groups is 1. The quantitative estimate of drug-likeness (QED) is 0.339. The van der Waals surface area contributed by atoms with Gasteiger partial charge in [-0.25, -0.2) is 0 Å². The first-order chi connectivity index (χ1) is 13.6. The highest BCUT2D eigenvalue weighted by atomic mass is 35.5. The molecule has 0 aliphatic carbocycles. The van der Waals surface area contributed by atoms with Gasteiger partial charge in [-0.05, 0) is 72.9 Å². The first-order valence-electron chi connectivity index (χ1n) is 8.50. The van der Waals surface area contributed by atoms with Crippen molar-refractivity contribution in [3.8, 4) is 0 Å². The fourth-order valence-electron chi connectivity index (χ4n) is 2.33. The summed E-state index contributed by atoms with van der Waals surface area (Å²) < 4.78 is 0. The molecule has 0 radical (unpaired) electrons. The van der Waals surface area contributed by atoms with Crippen molar-refractivity contribution in [2.24, 2.45) is 0 Å². The number of hydrogen-bond donors (Lipinski definition) is 3. The van der Waals surface area contributed by atoms with Gasteiger partial charge >= 0.3 is 0 Å². The van der Waals surface area contributed by atoms with Crippen molar-refractivity contribution in [2.75, 3.05) is 21.7 Å². The number of halogens is 1. The van der Waals surface area contributed by atoms with Gasteiger partial charge in [-0.2, -0.15) is 0 Å². The van der Waals surface area contributed by atoms with E-state index in [0.717, 1.165) is 22.0 Å². The third kappa shape index (κ3) is 6.56. The highest BCUT2D eigenvalue weighted by Crippen LogP contribution is 2.21. The van der Waals surface area contributed by atoms with E-state index in [1.54, 1.807) is 24.3 Å². The molecule has 4 nitrogen and oxygen atoms in total. The number of anilines is 3. The van der Waals surface area contributed by atoms with Gasteiger partial charge in [0, 0.05) is 27.0 Å². The minimum atomic E-state index is -0.0669. The molecule has 0 aromatic heterocycles. The molecule has 0 bridgehead atoms. The van der Waals surface area contributed by atoms with Crippen LogP contribution in [0.25, 0.3) is 0 Å². The number of hydrogen-bond acceptors (Lipinski definition) is 3. The highest BCUT2D eigenvalue weighted by molar-refractivity contribution is 8.00. The summed E-state index contributed by atoms with van der Waals surface area (Å²) in [6.45, 7) is 0.